The number of pyridine rings is 1. The van der Waals surface area contributed by atoms with Gasteiger partial charge in [-0.3, -0.25) is 4.79 Å². The van der Waals surface area contributed by atoms with Gasteiger partial charge in [-0.2, -0.15) is 0 Å². The highest BCUT2D eigenvalue weighted by Gasteiger charge is 2.15. The van der Waals surface area contributed by atoms with Crippen LogP contribution in [0.3, 0.4) is 0 Å². The van der Waals surface area contributed by atoms with Gasteiger partial charge < -0.3 is 10.3 Å². The molecule has 0 aliphatic heterocycles. The summed E-state index contributed by atoms with van der Waals surface area (Å²) in [6.45, 7) is 0. The Hall–Kier alpha value is -3.06. The Morgan fingerprint density at radius 2 is 2.08 bits per heavy atom. The predicted molar refractivity (Wildman–Crippen MR) is 101 cm³/mol. The van der Waals surface area contributed by atoms with Crippen molar-refractivity contribution in [3.63, 3.8) is 0 Å². The summed E-state index contributed by atoms with van der Waals surface area (Å²) in [4.78, 5) is 23.6. The largest absolute Gasteiger partial charge is 0.345 e. The predicted octanol–water partition coefficient (Wildman–Crippen LogP) is 4.40. The van der Waals surface area contributed by atoms with Crippen molar-refractivity contribution in [2.75, 3.05) is 5.32 Å². The number of carbonyl (C=O) groups is 1. The number of fused-ring (bicyclic) bond motifs is 1. The quantitative estimate of drug-likeness (QED) is 0.550. The van der Waals surface area contributed by atoms with Crippen molar-refractivity contribution in [3.8, 4) is 11.3 Å². The number of nitrogens with zero attached hydrogens (tertiary/aromatic N) is 2. The number of aryl methyl sites for hydroxylation is 1. The van der Waals surface area contributed by atoms with Crippen molar-refractivity contribution < 1.29 is 9.18 Å². The Morgan fingerprint density at radius 1 is 1.23 bits per heavy atom. The lowest BCUT2D eigenvalue weighted by Gasteiger charge is -2.02. The first-order valence-corrected chi connectivity index (χ1v) is 9.00. The van der Waals surface area contributed by atoms with E-state index in [-0.39, 0.29) is 11.7 Å². The summed E-state index contributed by atoms with van der Waals surface area (Å²) in [6.07, 6.45) is 4.14. The van der Waals surface area contributed by atoms with Crippen LogP contribution in [-0.2, 0) is 11.2 Å². The highest BCUT2D eigenvalue weighted by atomic mass is 32.1. The molecular formula is C19H15FN4OS. The molecule has 0 saturated heterocycles. The normalized spacial score (nSPS) is 11.0. The lowest BCUT2D eigenvalue weighted by Crippen LogP contribution is -2.12. The van der Waals surface area contributed by atoms with Crippen LogP contribution in [-0.4, -0.2) is 20.9 Å². The van der Waals surface area contributed by atoms with Crippen LogP contribution < -0.4 is 5.32 Å². The number of amides is 1. The molecule has 3 heterocycles. The fraction of sp³-hybridized carbons (Fsp3) is 0.105. The van der Waals surface area contributed by atoms with Crippen molar-refractivity contribution in [2.24, 2.45) is 0 Å². The summed E-state index contributed by atoms with van der Waals surface area (Å²) in [6, 6.07) is 11.2. The van der Waals surface area contributed by atoms with Crippen molar-refractivity contribution in [1.82, 2.24) is 15.0 Å². The number of rotatable bonds is 5. The van der Waals surface area contributed by atoms with E-state index in [0.717, 1.165) is 5.56 Å². The van der Waals surface area contributed by atoms with E-state index in [1.54, 1.807) is 11.6 Å². The van der Waals surface area contributed by atoms with E-state index in [2.05, 4.69) is 20.3 Å². The van der Waals surface area contributed by atoms with Crippen LogP contribution in [0.15, 0.2) is 54.2 Å². The second-order valence-corrected chi connectivity index (χ2v) is 6.65. The molecule has 0 aliphatic carbocycles. The van der Waals surface area contributed by atoms with Crippen molar-refractivity contribution in [2.45, 2.75) is 12.8 Å². The number of benzene rings is 1. The molecule has 130 valence electrons. The van der Waals surface area contributed by atoms with E-state index in [4.69, 9.17) is 0 Å². The van der Waals surface area contributed by atoms with Crippen LogP contribution >= 0.6 is 11.3 Å². The van der Waals surface area contributed by atoms with Crippen molar-refractivity contribution in [1.29, 1.82) is 0 Å². The van der Waals surface area contributed by atoms with Crippen LogP contribution in [0.1, 0.15) is 12.0 Å². The number of anilines is 1. The number of hydrogen-bond donors (Lipinski definition) is 2. The van der Waals surface area contributed by atoms with Crippen molar-refractivity contribution >= 4 is 33.4 Å². The summed E-state index contributed by atoms with van der Waals surface area (Å²) in [5.74, 6) is -0.450. The summed E-state index contributed by atoms with van der Waals surface area (Å²) in [5, 5.41) is 5.50. The molecule has 3 aromatic heterocycles. The Labute approximate surface area is 152 Å². The molecule has 1 amide bonds. The fourth-order valence-electron chi connectivity index (χ4n) is 2.76. The highest BCUT2D eigenvalue weighted by Crippen LogP contribution is 2.31. The summed E-state index contributed by atoms with van der Waals surface area (Å²) >= 11 is 1.31. The molecule has 2 N–H and O–H groups in total. The number of H-pyrrole nitrogens is 1. The number of halogens is 1. The van der Waals surface area contributed by atoms with E-state index in [9.17, 15) is 9.18 Å². The molecule has 0 saturated carbocycles. The zero-order chi connectivity index (χ0) is 17.9. The molecule has 26 heavy (non-hydrogen) atoms. The third kappa shape index (κ3) is 3.34. The SMILES string of the molecule is O=C(CCc1ccccc1)Nc1nc(-c2c[nH]c3nccc(F)c23)cs1. The molecule has 5 nitrogen and oxygen atoms in total. The minimum Gasteiger partial charge on any atom is -0.345 e. The number of hydrogen-bond acceptors (Lipinski definition) is 4. The zero-order valence-corrected chi connectivity index (χ0v) is 14.5. The van der Waals surface area contributed by atoms with Crippen LogP contribution in [0.5, 0.6) is 0 Å². The lowest BCUT2D eigenvalue weighted by molar-refractivity contribution is -0.116. The smallest absolute Gasteiger partial charge is 0.226 e. The number of nitrogens with one attached hydrogen (secondary N) is 2. The van der Waals surface area contributed by atoms with Gasteiger partial charge in [-0.25, -0.2) is 14.4 Å². The first-order valence-electron chi connectivity index (χ1n) is 8.12. The molecule has 0 atom stereocenters. The Bertz CT molecular complexity index is 1060. The molecular weight excluding hydrogens is 351 g/mol. The molecule has 7 heteroatoms. The van der Waals surface area contributed by atoms with Gasteiger partial charge in [-0.1, -0.05) is 30.3 Å². The second kappa shape index (κ2) is 7.05. The molecule has 4 aromatic rings. The first-order chi connectivity index (χ1) is 12.7. The van der Waals surface area contributed by atoms with Gasteiger partial charge >= 0.3 is 0 Å². The average Bonchev–Trinajstić information content (AvgIpc) is 3.28. The third-order valence-electron chi connectivity index (χ3n) is 4.03. The fourth-order valence-corrected chi connectivity index (χ4v) is 3.48. The van der Waals surface area contributed by atoms with Crippen LogP contribution in [0.2, 0.25) is 0 Å². The monoisotopic (exact) mass is 366 g/mol. The Kier molecular flexibility index (Phi) is 4.45. The van der Waals surface area contributed by atoms with Crippen LogP contribution in [0.4, 0.5) is 9.52 Å². The van der Waals surface area contributed by atoms with Crippen LogP contribution in [0, 0.1) is 5.82 Å². The first kappa shape index (κ1) is 16.4. The average molecular weight is 366 g/mol. The molecule has 0 fully saturated rings. The molecule has 0 bridgehead atoms. The molecule has 0 spiro atoms. The third-order valence-corrected chi connectivity index (χ3v) is 4.79. The van der Waals surface area contributed by atoms with Gasteiger partial charge in [-0.15, -0.1) is 11.3 Å². The minimum absolute atomic E-state index is 0.0958. The molecule has 4 rings (SSSR count). The standard InChI is InChI=1S/C19H15FN4OS/c20-14-8-9-21-18-17(14)13(10-22-18)15-11-26-19(23-15)24-16(25)7-6-12-4-2-1-3-5-12/h1-5,8-11H,6-7H2,(H,21,22)(H,23,24,25). The Balaban J connectivity index is 1.47. The van der Waals surface area contributed by atoms with Crippen molar-refractivity contribution in [3.05, 3.63) is 65.6 Å². The summed E-state index contributed by atoms with van der Waals surface area (Å²) in [7, 11) is 0. The van der Waals surface area contributed by atoms with E-state index >= 15 is 0 Å². The highest BCUT2D eigenvalue weighted by molar-refractivity contribution is 7.14. The summed E-state index contributed by atoms with van der Waals surface area (Å²) < 4.78 is 14.1. The lowest BCUT2D eigenvalue weighted by atomic mass is 10.1. The van der Waals surface area contributed by atoms with Gasteiger partial charge in [0.15, 0.2) is 5.13 Å². The van der Waals surface area contributed by atoms with Crippen LogP contribution in [0.25, 0.3) is 22.3 Å². The summed E-state index contributed by atoms with van der Waals surface area (Å²) in [5.41, 5.74) is 2.82. The minimum atomic E-state index is -0.354. The molecule has 0 radical (unpaired) electrons. The maximum absolute atomic E-state index is 14.1. The number of thiazole rings is 1. The van der Waals surface area contributed by atoms with Gasteiger partial charge in [-0.05, 0) is 18.1 Å². The van der Waals surface area contributed by atoms with Gasteiger partial charge in [0.05, 0.1) is 11.1 Å². The van der Waals surface area contributed by atoms with E-state index in [1.807, 2.05) is 30.3 Å². The zero-order valence-electron chi connectivity index (χ0n) is 13.7. The molecule has 0 unspecified atom stereocenters. The Morgan fingerprint density at radius 3 is 2.92 bits per heavy atom. The van der Waals surface area contributed by atoms with E-state index < -0.39 is 0 Å². The number of carbonyl (C=O) groups excluding carboxylic acids is 1. The second-order valence-electron chi connectivity index (χ2n) is 5.79. The molecule has 1 aromatic carbocycles. The number of aromatic amines is 1. The van der Waals surface area contributed by atoms with E-state index in [0.29, 0.717) is 40.3 Å². The molecule has 0 aliphatic rings. The maximum atomic E-state index is 14.1. The maximum Gasteiger partial charge on any atom is 0.226 e. The number of aromatic nitrogens is 3. The van der Waals surface area contributed by atoms with Gasteiger partial charge in [0.2, 0.25) is 5.91 Å². The van der Waals surface area contributed by atoms with Gasteiger partial charge in [0, 0.05) is 29.8 Å². The van der Waals surface area contributed by atoms with E-state index in [1.165, 1.54) is 23.6 Å². The van der Waals surface area contributed by atoms with Gasteiger partial charge in [0.1, 0.15) is 11.5 Å². The van der Waals surface area contributed by atoms with Gasteiger partial charge in [0.25, 0.3) is 0 Å². The topological polar surface area (TPSA) is 70.7 Å².